The number of carbonyl (C=O) groups excluding carboxylic acids is 2. The molecular formula is C13H16N2O3S. The summed E-state index contributed by atoms with van der Waals surface area (Å²) in [6.45, 7) is 3.33. The Morgan fingerprint density at radius 1 is 1.53 bits per heavy atom. The van der Waals surface area contributed by atoms with Crippen LogP contribution in [0.5, 0.6) is 0 Å². The van der Waals surface area contributed by atoms with Crippen LogP contribution in [0.25, 0.3) is 0 Å². The molecule has 5 nitrogen and oxygen atoms in total. The first kappa shape index (κ1) is 15.2. The van der Waals surface area contributed by atoms with E-state index in [-0.39, 0.29) is 18.4 Å². The average molecular weight is 280 g/mol. The number of aliphatic hydroxyl groups is 1. The van der Waals surface area contributed by atoms with Gasteiger partial charge < -0.3 is 16.2 Å². The van der Waals surface area contributed by atoms with E-state index < -0.39 is 11.9 Å². The van der Waals surface area contributed by atoms with Crippen molar-refractivity contribution in [1.82, 2.24) is 5.32 Å². The van der Waals surface area contributed by atoms with Crippen LogP contribution in [0.4, 0.5) is 0 Å². The first-order chi connectivity index (χ1) is 8.97. The predicted molar refractivity (Wildman–Crippen MR) is 73.6 cm³/mol. The standard InChI is InChI=1S/C13H16N2O3S/c1-8(2)10(12(14)17)15-13(18)11-9(4-3-6-16)5-7-19-11/h5,7-8,10,16H,6H2,1-2H3,(H2,14,17)(H,15,18). The molecule has 0 aliphatic heterocycles. The van der Waals surface area contributed by atoms with Crippen molar-refractivity contribution in [3.8, 4) is 11.8 Å². The fourth-order valence-corrected chi connectivity index (χ4v) is 2.24. The summed E-state index contributed by atoms with van der Waals surface area (Å²) in [6.07, 6.45) is 0. The molecule has 1 aromatic heterocycles. The van der Waals surface area contributed by atoms with Gasteiger partial charge in [-0.05, 0) is 17.4 Å². The maximum absolute atomic E-state index is 12.1. The number of amides is 2. The Hall–Kier alpha value is -1.84. The molecule has 1 unspecified atom stereocenters. The molecule has 1 heterocycles. The van der Waals surface area contributed by atoms with Crippen molar-refractivity contribution in [3.63, 3.8) is 0 Å². The van der Waals surface area contributed by atoms with E-state index in [9.17, 15) is 9.59 Å². The molecular weight excluding hydrogens is 264 g/mol. The molecule has 0 aromatic carbocycles. The van der Waals surface area contributed by atoms with Gasteiger partial charge in [0.1, 0.15) is 17.5 Å². The van der Waals surface area contributed by atoms with E-state index >= 15 is 0 Å². The quantitative estimate of drug-likeness (QED) is 0.694. The first-order valence-corrected chi connectivity index (χ1v) is 6.62. The number of primary amides is 1. The van der Waals surface area contributed by atoms with Gasteiger partial charge in [-0.3, -0.25) is 9.59 Å². The predicted octanol–water partition coefficient (Wildman–Crippen LogP) is 0.332. The van der Waals surface area contributed by atoms with Gasteiger partial charge >= 0.3 is 0 Å². The molecule has 1 rings (SSSR count). The van der Waals surface area contributed by atoms with Gasteiger partial charge in [-0.25, -0.2) is 0 Å². The molecule has 6 heteroatoms. The third-order valence-corrected chi connectivity index (χ3v) is 3.35. The molecule has 0 spiro atoms. The average Bonchev–Trinajstić information content (AvgIpc) is 2.80. The number of nitrogens with one attached hydrogen (secondary N) is 1. The zero-order chi connectivity index (χ0) is 14.4. The highest BCUT2D eigenvalue weighted by Crippen LogP contribution is 2.16. The van der Waals surface area contributed by atoms with Gasteiger partial charge in [0, 0.05) is 5.56 Å². The minimum absolute atomic E-state index is 0.0895. The molecule has 0 bridgehead atoms. The third-order valence-electron chi connectivity index (χ3n) is 2.43. The lowest BCUT2D eigenvalue weighted by molar-refractivity contribution is -0.120. The summed E-state index contributed by atoms with van der Waals surface area (Å²) in [7, 11) is 0. The van der Waals surface area contributed by atoms with Crippen LogP contribution < -0.4 is 11.1 Å². The van der Waals surface area contributed by atoms with Crippen LogP contribution in [0.3, 0.4) is 0 Å². The minimum atomic E-state index is -0.715. The topological polar surface area (TPSA) is 92.4 Å². The maximum Gasteiger partial charge on any atom is 0.263 e. The van der Waals surface area contributed by atoms with E-state index in [1.54, 1.807) is 25.3 Å². The Morgan fingerprint density at radius 2 is 2.21 bits per heavy atom. The lowest BCUT2D eigenvalue weighted by Crippen LogP contribution is -2.47. The maximum atomic E-state index is 12.1. The van der Waals surface area contributed by atoms with Crippen molar-refractivity contribution in [2.75, 3.05) is 6.61 Å². The minimum Gasteiger partial charge on any atom is -0.384 e. The van der Waals surface area contributed by atoms with Gasteiger partial charge in [0.15, 0.2) is 0 Å². The number of thiophene rings is 1. The Morgan fingerprint density at radius 3 is 2.74 bits per heavy atom. The van der Waals surface area contributed by atoms with E-state index in [0.29, 0.717) is 10.4 Å². The van der Waals surface area contributed by atoms with Gasteiger partial charge in [-0.2, -0.15) is 0 Å². The van der Waals surface area contributed by atoms with Crippen LogP contribution in [0, 0.1) is 17.8 Å². The van der Waals surface area contributed by atoms with Gasteiger partial charge in [0.25, 0.3) is 5.91 Å². The monoisotopic (exact) mass is 280 g/mol. The second kappa shape index (κ2) is 6.92. The summed E-state index contributed by atoms with van der Waals surface area (Å²) in [4.78, 5) is 23.7. The SMILES string of the molecule is CC(C)C(NC(=O)c1sccc1C#CCO)C(N)=O. The van der Waals surface area contributed by atoms with E-state index in [1.807, 2.05) is 0 Å². The summed E-state index contributed by atoms with van der Waals surface area (Å²) in [5.74, 6) is 4.14. The molecule has 2 amide bonds. The van der Waals surface area contributed by atoms with E-state index in [4.69, 9.17) is 10.8 Å². The van der Waals surface area contributed by atoms with E-state index in [2.05, 4.69) is 17.2 Å². The van der Waals surface area contributed by atoms with Crippen LogP contribution in [0.15, 0.2) is 11.4 Å². The number of nitrogens with two attached hydrogens (primary N) is 1. The van der Waals surface area contributed by atoms with Gasteiger partial charge in [-0.1, -0.05) is 25.7 Å². The molecule has 19 heavy (non-hydrogen) atoms. The van der Waals surface area contributed by atoms with Crippen LogP contribution in [0.2, 0.25) is 0 Å². The molecule has 0 aliphatic rings. The molecule has 0 saturated carbocycles. The third kappa shape index (κ3) is 4.09. The highest BCUT2D eigenvalue weighted by Gasteiger charge is 2.23. The van der Waals surface area contributed by atoms with Crippen LogP contribution in [-0.4, -0.2) is 29.6 Å². The normalized spacial score (nSPS) is 11.6. The number of rotatable bonds is 4. The first-order valence-electron chi connectivity index (χ1n) is 5.74. The number of carbonyl (C=O) groups is 2. The highest BCUT2D eigenvalue weighted by atomic mass is 32.1. The highest BCUT2D eigenvalue weighted by molar-refractivity contribution is 7.12. The molecule has 0 saturated heterocycles. The Kier molecular flexibility index (Phi) is 5.55. The summed E-state index contributed by atoms with van der Waals surface area (Å²) in [5.41, 5.74) is 5.78. The molecule has 0 fully saturated rings. The van der Waals surface area contributed by atoms with Crippen molar-refractivity contribution < 1.29 is 14.7 Å². The Bertz CT molecular complexity index is 525. The van der Waals surface area contributed by atoms with Crippen molar-refractivity contribution in [3.05, 3.63) is 21.9 Å². The summed E-state index contributed by atoms with van der Waals surface area (Å²) in [6, 6.07) is 0.977. The lowest BCUT2D eigenvalue weighted by Gasteiger charge is -2.18. The van der Waals surface area contributed by atoms with Crippen LogP contribution in [0.1, 0.15) is 29.1 Å². The fraction of sp³-hybridized carbons (Fsp3) is 0.385. The summed E-state index contributed by atoms with van der Waals surface area (Å²) in [5, 5.41) is 13.0. The van der Waals surface area contributed by atoms with Crippen molar-refractivity contribution in [1.29, 1.82) is 0 Å². The van der Waals surface area contributed by atoms with Gasteiger partial charge in [0.2, 0.25) is 5.91 Å². The van der Waals surface area contributed by atoms with Gasteiger partial charge in [-0.15, -0.1) is 11.3 Å². The Balaban J connectivity index is 2.89. The molecule has 4 N–H and O–H groups in total. The van der Waals surface area contributed by atoms with Crippen molar-refractivity contribution >= 4 is 23.2 Å². The second-order valence-corrected chi connectivity index (χ2v) is 5.14. The smallest absolute Gasteiger partial charge is 0.263 e. The van der Waals surface area contributed by atoms with Crippen LogP contribution in [-0.2, 0) is 4.79 Å². The fourth-order valence-electron chi connectivity index (χ4n) is 1.49. The van der Waals surface area contributed by atoms with E-state index in [1.165, 1.54) is 11.3 Å². The molecule has 0 aliphatic carbocycles. The molecule has 1 atom stereocenters. The zero-order valence-electron chi connectivity index (χ0n) is 10.8. The molecule has 1 aromatic rings. The largest absolute Gasteiger partial charge is 0.384 e. The van der Waals surface area contributed by atoms with Crippen molar-refractivity contribution in [2.24, 2.45) is 11.7 Å². The Labute approximate surface area is 115 Å². The number of hydrogen-bond acceptors (Lipinski definition) is 4. The molecule has 0 radical (unpaired) electrons. The van der Waals surface area contributed by atoms with Gasteiger partial charge in [0.05, 0.1) is 0 Å². The van der Waals surface area contributed by atoms with Crippen LogP contribution >= 0.6 is 11.3 Å². The second-order valence-electron chi connectivity index (χ2n) is 4.22. The summed E-state index contributed by atoms with van der Waals surface area (Å²) >= 11 is 1.23. The molecule has 102 valence electrons. The number of hydrogen-bond donors (Lipinski definition) is 3. The van der Waals surface area contributed by atoms with Crippen molar-refractivity contribution in [2.45, 2.75) is 19.9 Å². The van der Waals surface area contributed by atoms with E-state index in [0.717, 1.165) is 0 Å². The summed E-state index contributed by atoms with van der Waals surface area (Å²) < 4.78 is 0. The number of aliphatic hydroxyl groups excluding tert-OH is 1. The lowest BCUT2D eigenvalue weighted by atomic mass is 10.0. The zero-order valence-corrected chi connectivity index (χ0v) is 11.6.